The van der Waals surface area contributed by atoms with E-state index in [4.69, 9.17) is 15.9 Å². The molecule has 1 aliphatic heterocycles. The van der Waals surface area contributed by atoms with E-state index in [2.05, 4.69) is 15.3 Å². The number of nitrogens with one attached hydrogen (secondary N) is 2. The minimum absolute atomic E-state index is 0.198. The highest BCUT2D eigenvalue weighted by Gasteiger charge is 2.31. The van der Waals surface area contributed by atoms with Crippen molar-refractivity contribution >= 4 is 50.9 Å². The average Bonchev–Trinajstić information content (AvgIpc) is 3.47. The third-order valence-corrected chi connectivity index (χ3v) is 7.59. The molecule has 0 spiro atoms. The summed E-state index contributed by atoms with van der Waals surface area (Å²) in [5.41, 5.74) is 8.99. The number of carbonyl (C=O) groups is 1. The van der Waals surface area contributed by atoms with Crippen molar-refractivity contribution in [1.82, 2.24) is 14.9 Å². The molecule has 2 aliphatic rings. The van der Waals surface area contributed by atoms with E-state index in [0.29, 0.717) is 41.0 Å². The van der Waals surface area contributed by atoms with Gasteiger partial charge in [-0.3, -0.25) is 4.79 Å². The van der Waals surface area contributed by atoms with Crippen LogP contribution in [-0.4, -0.2) is 40.6 Å². The number of ether oxygens (including phenoxy) is 1. The molecule has 1 aliphatic carbocycles. The molecule has 3 aromatic rings. The summed E-state index contributed by atoms with van der Waals surface area (Å²) in [5.74, 6) is 1.78. The molecule has 1 fully saturated rings. The molecular formula is C23H26N6O2S. The third-order valence-electron chi connectivity index (χ3n) is 6.47. The second-order valence-corrected chi connectivity index (χ2v) is 9.43. The number of nitrogens with zero attached hydrogens (tertiary/aromatic N) is 3. The van der Waals surface area contributed by atoms with Gasteiger partial charge in [-0.05, 0) is 30.9 Å². The Hall–Kier alpha value is -3.20. The van der Waals surface area contributed by atoms with Crippen molar-refractivity contribution in [3.8, 4) is 5.75 Å². The first-order valence-corrected chi connectivity index (χ1v) is 11.7. The number of hydrogen-bond donors (Lipinski definition) is 3. The molecule has 0 atom stereocenters. The molecule has 3 heterocycles. The first-order valence-electron chi connectivity index (χ1n) is 10.9. The maximum Gasteiger partial charge on any atom is 0.226 e. The van der Waals surface area contributed by atoms with Crippen LogP contribution in [-0.2, 0) is 17.8 Å². The number of rotatable bonds is 5. The minimum atomic E-state index is 0.198. The molecule has 1 saturated carbocycles. The zero-order chi connectivity index (χ0) is 22.2. The topological polar surface area (TPSA) is 117 Å². The van der Waals surface area contributed by atoms with Crippen LogP contribution in [0.3, 0.4) is 0 Å². The molecule has 0 saturated heterocycles. The lowest BCUT2D eigenvalue weighted by atomic mass is 10.0. The van der Waals surface area contributed by atoms with E-state index in [1.807, 2.05) is 4.90 Å². The quantitative estimate of drug-likeness (QED) is 0.398. The molecule has 9 heteroatoms. The van der Waals surface area contributed by atoms with E-state index in [-0.39, 0.29) is 5.92 Å². The Bertz CT molecular complexity index is 1200. The number of fused-ring (bicyclic) bond motifs is 3. The van der Waals surface area contributed by atoms with Crippen molar-refractivity contribution in [1.29, 1.82) is 5.41 Å². The summed E-state index contributed by atoms with van der Waals surface area (Å²) < 4.78 is 5.49. The number of nitrogens with two attached hydrogens (primary N) is 1. The molecule has 4 N–H and O–H groups in total. The van der Waals surface area contributed by atoms with E-state index in [9.17, 15) is 4.79 Å². The number of hydrogen-bond acceptors (Lipinski definition) is 8. The van der Waals surface area contributed by atoms with Crippen LogP contribution < -0.4 is 15.8 Å². The molecule has 166 valence electrons. The Kier molecular flexibility index (Phi) is 5.42. The van der Waals surface area contributed by atoms with Crippen LogP contribution in [0.2, 0.25) is 0 Å². The largest absolute Gasteiger partial charge is 0.494 e. The van der Waals surface area contributed by atoms with Gasteiger partial charge in [0, 0.05) is 40.9 Å². The second kappa shape index (κ2) is 8.38. The van der Waals surface area contributed by atoms with E-state index >= 15 is 0 Å². The molecule has 0 radical (unpaired) electrons. The number of amides is 1. The highest BCUT2D eigenvalue weighted by Crippen LogP contribution is 2.40. The Morgan fingerprint density at radius 2 is 2.16 bits per heavy atom. The van der Waals surface area contributed by atoms with Crippen LogP contribution in [0.1, 0.15) is 41.7 Å². The van der Waals surface area contributed by atoms with Gasteiger partial charge in [0.1, 0.15) is 22.7 Å². The molecule has 1 amide bonds. The Morgan fingerprint density at radius 1 is 1.34 bits per heavy atom. The summed E-state index contributed by atoms with van der Waals surface area (Å²) in [6.07, 6.45) is 7.94. The number of aromatic nitrogens is 2. The summed E-state index contributed by atoms with van der Waals surface area (Å²) in [4.78, 5) is 26.1. The van der Waals surface area contributed by atoms with E-state index in [1.165, 1.54) is 16.7 Å². The summed E-state index contributed by atoms with van der Waals surface area (Å²) >= 11 is 1.64. The number of thiophene rings is 1. The Morgan fingerprint density at radius 3 is 2.91 bits per heavy atom. The summed E-state index contributed by atoms with van der Waals surface area (Å²) in [6, 6.07) is 3.49. The lowest BCUT2D eigenvalue weighted by molar-refractivity contribution is -0.136. The highest BCUT2D eigenvalue weighted by atomic mass is 32.1. The van der Waals surface area contributed by atoms with Crippen LogP contribution in [0.5, 0.6) is 5.75 Å². The lowest BCUT2D eigenvalue weighted by Crippen LogP contribution is -2.38. The third kappa shape index (κ3) is 3.56. The minimum Gasteiger partial charge on any atom is -0.494 e. The molecule has 5 rings (SSSR count). The fourth-order valence-corrected chi connectivity index (χ4v) is 5.98. The van der Waals surface area contributed by atoms with Crippen LogP contribution in [0.4, 0.5) is 17.2 Å². The maximum atomic E-state index is 12.9. The van der Waals surface area contributed by atoms with Crippen molar-refractivity contribution in [3.63, 3.8) is 0 Å². The maximum absolute atomic E-state index is 12.9. The van der Waals surface area contributed by atoms with Crippen LogP contribution in [0, 0.1) is 11.3 Å². The molecule has 1 aromatic carbocycles. The van der Waals surface area contributed by atoms with E-state index in [1.54, 1.807) is 36.9 Å². The van der Waals surface area contributed by atoms with Gasteiger partial charge in [0.2, 0.25) is 5.91 Å². The average molecular weight is 451 g/mol. The highest BCUT2D eigenvalue weighted by molar-refractivity contribution is 7.19. The first-order chi connectivity index (χ1) is 15.6. The lowest BCUT2D eigenvalue weighted by Gasteiger charge is -2.29. The fourth-order valence-electron chi connectivity index (χ4n) is 4.77. The van der Waals surface area contributed by atoms with Gasteiger partial charge in [0.15, 0.2) is 0 Å². The summed E-state index contributed by atoms with van der Waals surface area (Å²) in [7, 11) is 1.59. The number of nitrogen functional groups attached to an aromatic ring is 1. The van der Waals surface area contributed by atoms with Crippen molar-refractivity contribution in [2.45, 2.75) is 38.6 Å². The van der Waals surface area contributed by atoms with Gasteiger partial charge in [-0.25, -0.2) is 9.97 Å². The van der Waals surface area contributed by atoms with Gasteiger partial charge in [0.25, 0.3) is 0 Å². The fraction of sp³-hybridized carbons (Fsp3) is 0.391. The SMILES string of the molecule is COc1cc(N)c(C=N)cc1Nc1ncnc2sc3c(c12)CCN(C(=O)C1CCCC1)C3. The first kappa shape index (κ1) is 20.7. The van der Waals surface area contributed by atoms with Crippen molar-refractivity contribution in [2.24, 2.45) is 5.92 Å². The molecule has 32 heavy (non-hydrogen) atoms. The number of carbonyl (C=O) groups excluding carboxylic acids is 1. The van der Waals surface area contributed by atoms with Gasteiger partial charge >= 0.3 is 0 Å². The second-order valence-electron chi connectivity index (χ2n) is 8.35. The smallest absolute Gasteiger partial charge is 0.226 e. The van der Waals surface area contributed by atoms with Crippen LogP contribution in [0.15, 0.2) is 18.5 Å². The standard InChI is InChI=1S/C23H26N6O2S/c1-31-18-9-16(25)14(10-24)8-17(18)28-21-20-15-6-7-29(23(30)13-4-2-3-5-13)11-19(15)32-22(20)27-12-26-21/h8-10,12-13,24H,2-7,11,25H2,1H3,(H,26,27,28). The van der Waals surface area contributed by atoms with Gasteiger partial charge in [-0.1, -0.05) is 12.8 Å². The predicted octanol–water partition coefficient (Wildman–Crippen LogP) is 4.10. The van der Waals surface area contributed by atoms with Gasteiger partial charge in [-0.15, -0.1) is 11.3 Å². The van der Waals surface area contributed by atoms with Crippen LogP contribution >= 0.6 is 11.3 Å². The normalized spacial score (nSPS) is 16.2. The van der Waals surface area contributed by atoms with E-state index < -0.39 is 0 Å². The zero-order valence-corrected chi connectivity index (χ0v) is 18.8. The predicted molar refractivity (Wildman–Crippen MR) is 127 cm³/mol. The van der Waals surface area contributed by atoms with Crippen molar-refractivity contribution in [3.05, 3.63) is 34.5 Å². The molecule has 2 aromatic heterocycles. The zero-order valence-electron chi connectivity index (χ0n) is 18.0. The van der Waals surface area contributed by atoms with Crippen LogP contribution in [0.25, 0.3) is 10.2 Å². The monoisotopic (exact) mass is 450 g/mol. The Balaban J connectivity index is 1.48. The number of anilines is 3. The van der Waals surface area contributed by atoms with Crippen molar-refractivity contribution < 1.29 is 9.53 Å². The summed E-state index contributed by atoms with van der Waals surface area (Å²) in [5, 5.41) is 12.0. The van der Waals surface area contributed by atoms with Gasteiger partial charge in [-0.2, -0.15) is 0 Å². The number of methoxy groups -OCH3 is 1. The van der Waals surface area contributed by atoms with E-state index in [0.717, 1.165) is 48.9 Å². The number of benzene rings is 1. The molecular weight excluding hydrogens is 424 g/mol. The van der Waals surface area contributed by atoms with Gasteiger partial charge in [0.05, 0.1) is 24.7 Å². The Labute approximate surface area is 190 Å². The van der Waals surface area contributed by atoms with Gasteiger partial charge < -0.3 is 26.1 Å². The molecule has 0 bridgehead atoms. The summed E-state index contributed by atoms with van der Waals surface area (Å²) in [6.45, 7) is 1.37. The molecule has 8 nitrogen and oxygen atoms in total. The van der Waals surface area contributed by atoms with Crippen molar-refractivity contribution in [2.75, 3.05) is 24.7 Å². The molecule has 0 unspecified atom stereocenters.